The molecular weight excluding hydrogens is 128 g/mol. The molecule has 0 atom stereocenters. The third kappa shape index (κ3) is 1.46. The van der Waals surface area contributed by atoms with Gasteiger partial charge in [-0.15, -0.1) is 10.2 Å². The summed E-state index contributed by atoms with van der Waals surface area (Å²) in [4.78, 5) is 0. The van der Waals surface area contributed by atoms with Crippen molar-refractivity contribution in [2.24, 2.45) is 5.92 Å². The molecule has 56 valence electrons. The minimum atomic E-state index is 0.494. The number of anilines is 1. The van der Waals surface area contributed by atoms with Gasteiger partial charge in [-0.05, 0) is 5.92 Å². The summed E-state index contributed by atoms with van der Waals surface area (Å²) in [6, 6.07) is 0. The third-order valence-electron chi connectivity index (χ3n) is 1.21. The Hall–Kier alpha value is -1.06. The molecule has 0 aliphatic heterocycles. The Kier molecular flexibility index (Phi) is 1.89. The molecular formula is C6H12N4. The van der Waals surface area contributed by atoms with Crippen molar-refractivity contribution in [2.75, 3.05) is 5.73 Å². The first kappa shape index (κ1) is 7.05. The van der Waals surface area contributed by atoms with Crippen molar-refractivity contribution in [3.63, 3.8) is 0 Å². The lowest BCUT2D eigenvalue weighted by Crippen LogP contribution is -2.06. The molecule has 0 bridgehead atoms. The standard InChI is InChI=1S/C6H12N4/c1-5(2)3-10-4-8-9-6(10)7/h4-5H,3H2,1-2H3,(H2,7,9). The van der Waals surface area contributed by atoms with Crippen LogP contribution in [-0.2, 0) is 6.54 Å². The van der Waals surface area contributed by atoms with E-state index in [0.717, 1.165) is 6.54 Å². The second-order valence-electron chi connectivity index (χ2n) is 2.74. The highest BCUT2D eigenvalue weighted by Crippen LogP contribution is 2.01. The Balaban J connectivity index is 2.65. The van der Waals surface area contributed by atoms with Gasteiger partial charge in [0.15, 0.2) is 0 Å². The summed E-state index contributed by atoms with van der Waals surface area (Å²) in [6.45, 7) is 5.14. The number of nitrogens with two attached hydrogens (primary N) is 1. The summed E-state index contributed by atoms with van der Waals surface area (Å²) < 4.78 is 1.84. The van der Waals surface area contributed by atoms with E-state index in [-0.39, 0.29) is 0 Å². The molecule has 1 heterocycles. The molecule has 0 spiro atoms. The highest BCUT2D eigenvalue weighted by Gasteiger charge is 1.99. The second-order valence-corrected chi connectivity index (χ2v) is 2.74. The van der Waals surface area contributed by atoms with Crippen molar-refractivity contribution in [2.45, 2.75) is 20.4 Å². The van der Waals surface area contributed by atoms with Crippen LogP contribution in [0.25, 0.3) is 0 Å². The minimum absolute atomic E-state index is 0.494. The molecule has 1 rings (SSSR count). The van der Waals surface area contributed by atoms with Gasteiger partial charge in [-0.3, -0.25) is 4.57 Å². The predicted octanol–water partition coefficient (Wildman–Crippen LogP) is 0.516. The number of nitrogen functional groups attached to an aromatic ring is 1. The average Bonchev–Trinajstić information content (AvgIpc) is 2.15. The number of hydrogen-bond acceptors (Lipinski definition) is 3. The predicted molar refractivity (Wildman–Crippen MR) is 39.3 cm³/mol. The summed E-state index contributed by atoms with van der Waals surface area (Å²) in [5.74, 6) is 1.08. The van der Waals surface area contributed by atoms with Crippen LogP contribution in [0.5, 0.6) is 0 Å². The fraction of sp³-hybridized carbons (Fsp3) is 0.667. The van der Waals surface area contributed by atoms with Crippen LogP contribution in [0, 0.1) is 5.92 Å². The zero-order valence-electron chi connectivity index (χ0n) is 6.28. The summed E-state index contributed by atoms with van der Waals surface area (Å²) >= 11 is 0. The molecule has 0 saturated heterocycles. The normalized spacial score (nSPS) is 10.7. The number of nitrogens with zero attached hydrogens (tertiary/aromatic N) is 3. The van der Waals surface area contributed by atoms with Gasteiger partial charge in [0.1, 0.15) is 6.33 Å². The van der Waals surface area contributed by atoms with Crippen LogP contribution >= 0.6 is 0 Å². The van der Waals surface area contributed by atoms with E-state index in [1.54, 1.807) is 6.33 Å². The lowest BCUT2D eigenvalue weighted by atomic mass is 10.2. The van der Waals surface area contributed by atoms with Gasteiger partial charge < -0.3 is 5.73 Å². The van der Waals surface area contributed by atoms with E-state index in [0.29, 0.717) is 11.9 Å². The van der Waals surface area contributed by atoms with Gasteiger partial charge in [-0.25, -0.2) is 0 Å². The largest absolute Gasteiger partial charge is 0.368 e. The van der Waals surface area contributed by atoms with Crippen LogP contribution in [0.3, 0.4) is 0 Å². The van der Waals surface area contributed by atoms with Gasteiger partial charge in [-0.1, -0.05) is 13.8 Å². The number of aromatic nitrogens is 3. The quantitative estimate of drug-likeness (QED) is 0.651. The molecule has 0 fully saturated rings. The topological polar surface area (TPSA) is 56.7 Å². The molecule has 10 heavy (non-hydrogen) atoms. The summed E-state index contributed by atoms with van der Waals surface area (Å²) in [5.41, 5.74) is 5.48. The Labute approximate surface area is 60.1 Å². The molecule has 0 unspecified atom stereocenters. The van der Waals surface area contributed by atoms with Crippen molar-refractivity contribution in [3.05, 3.63) is 6.33 Å². The summed E-state index contributed by atoms with van der Waals surface area (Å²) in [7, 11) is 0. The summed E-state index contributed by atoms with van der Waals surface area (Å²) in [5, 5.41) is 7.32. The Morgan fingerprint density at radius 2 is 2.40 bits per heavy atom. The highest BCUT2D eigenvalue weighted by atomic mass is 15.3. The van der Waals surface area contributed by atoms with Gasteiger partial charge >= 0.3 is 0 Å². The maximum Gasteiger partial charge on any atom is 0.221 e. The lowest BCUT2D eigenvalue weighted by Gasteiger charge is -2.04. The van der Waals surface area contributed by atoms with Crippen molar-refractivity contribution >= 4 is 5.95 Å². The first-order valence-electron chi connectivity index (χ1n) is 3.33. The van der Waals surface area contributed by atoms with Crippen LogP contribution in [0.15, 0.2) is 6.33 Å². The lowest BCUT2D eigenvalue weighted by molar-refractivity contribution is 0.526. The van der Waals surface area contributed by atoms with E-state index >= 15 is 0 Å². The van der Waals surface area contributed by atoms with Gasteiger partial charge in [0.25, 0.3) is 0 Å². The molecule has 4 heteroatoms. The van der Waals surface area contributed by atoms with Crippen LogP contribution in [0.4, 0.5) is 5.95 Å². The van der Waals surface area contributed by atoms with E-state index < -0.39 is 0 Å². The number of rotatable bonds is 2. The first-order valence-corrected chi connectivity index (χ1v) is 3.33. The van der Waals surface area contributed by atoms with Gasteiger partial charge in [0.05, 0.1) is 0 Å². The molecule has 0 radical (unpaired) electrons. The van der Waals surface area contributed by atoms with Crippen molar-refractivity contribution in [1.82, 2.24) is 14.8 Å². The molecule has 0 amide bonds. The zero-order chi connectivity index (χ0) is 7.56. The first-order chi connectivity index (χ1) is 4.70. The maximum atomic E-state index is 5.48. The number of hydrogen-bond donors (Lipinski definition) is 1. The highest BCUT2D eigenvalue weighted by molar-refractivity contribution is 5.12. The van der Waals surface area contributed by atoms with E-state index in [1.165, 1.54) is 0 Å². The monoisotopic (exact) mass is 140 g/mol. The van der Waals surface area contributed by atoms with Crippen LogP contribution in [-0.4, -0.2) is 14.8 Å². The van der Waals surface area contributed by atoms with Gasteiger partial charge in [0, 0.05) is 6.54 Å². The molecule has 4 nitrogen and oxygen atoms in total. The van der Waals surface area contributed by atoms with Gasteiger partial charge in [-0.2, -0.15) is 0 Å². The van der Waals surface area contributed by atoms with Crippen molar-refractivity contribution < 1.29 is 0 Å². The zero-order valence-corrected chi connectivity index (χ0v) is 6.28. The second kappa shape index (κ2) is 2.68. The Morgan fingerprint density at radius 1 is 1.70 bits per heavy atom. The SMILES string of the molecule is CC(C)Cn1cnnc1N. The minimum Gasteiger partial charge on any atom is -0.368 e. The van der Waals surface area contributed by atoms with E-state index in [1.807, 2.05) is 4.57 Å². The van der Waals surface area contributed by atoms with Crippen LogP contribution in [0.1, 0.15) is 13.8 Å². The third-order valence-corrected chi connectivity index (χ3v) is 1.21. The van der Waals surface area contributed by atoms with Crippen LogP contribution in [0.2, 0.25) is 0 Å². The van der Waals surface area contributed by atoms with E-state index in [2.05, 4.69) is 24.0 Å². The van der Waals surface area contributed by atoms with Crippen molar-refractivity contribution in [3.8, 4) is 0 Å². The molecule has 0 aliphatic rings. The fourth-order valence-corrected chi connectivity index (χ4v) is 0.798. The molecule has 1 aromatic rings. The fourth-order valence-electron chi connectivity index (χ4n) is 0.798. The van der Waals surface area contributed by atoms with Crippen molar-refractivity contribution in [1.29, 1.82) is 0 Å². The Bertz CT molecular complexity index is 203. The Morgan fingerprint density at radius 3 is 2.80 bits per heavy atom. The smallest absolute Gasteiger partial charge is 0.221 e. The van der Waals surface area contributed by atoms with E-state index in [4.69, 9.17) is 5.73 Å². The maximum absolute atomic E-state index is 5.48. The van der Waals surface area contributed by atoms with E-state index in [9.17, 15) is 0 Å². The molecule has 1 aromatic heterocycles. The molecule has 0 aliphatic carbocycles. The average molecular weight is 140 g/mol. The molecule has 2 N–H and O–H groups in total. The summed E-state index contributed by atoms with van der Waals surface area (Å²) in [6.07, 6.45) is 1.65. The van der Waals surface area contributed by atoms with Crippen LogP contribution < -0.4 is 5.73 Å². The molecule has 0 aromatic carbocycles. The molecule has 0 saturated carbocycles. The van der Waals surface area contributed by atoms with Gasteiger partial charge in [0.2, 0.25) is 5.95 Å².